The third-order valence-electron chi connectivity index (χ3n) is 2.01. The molecule has 2 N–H and O–H groups in total. The summed E-state index contributed by atoms with van der Waals surface area (Å²) in [6.45, 7) is 11.6. The van der Waals surface area contributed by atoms with Crippen LogP contribution in [0.3, 0.4) is 0 Å². The Labute approximate surface area is 104 Å². The van der Waals surface area contributed by atoms with Gasteiger partial charge in [0.25, 0.3) is 0 Å². The van der Waals surface area contributed by atoms with Crippen LogP contribution < -0.4 is 10.6 Å². The average Bonchev–Trinajstić information content (AvgIpc) is 2.09. The molecule has 0 unspecified atom stereocenters. The predicted molar refractivity (Wildman–Crippen MR) is 72.5 cm³/mol. The summed E-state index contributed by atoms with van der Waals surface area (Å²) in [6, 6.07) is 0. The molecular formula is C12H24N2OS. The van der Waals surface area contributed by atoms with E-state index in [2.05, 4.69) is 31.4 Å². The topological polar surface area (TPSA) is 41.1 Å². The largest absolute Gasteiger partial charge is 0.377 e. The lowest BCUT2D eigenvalue weighted by Gasteiger charge is -2.21. The van der Waals surface area contributed by atoms with E-state index in [0.717, 1.165) is 4.99 Å². The van der Waals surface area contributed by atoms with Gasteiger partial charge >= 0.3 is 0 Å². The van der Waals surface area contributed by atoms with Crippen molar-refractivity contribution in [3.63, 3.8) is 0 Å². The van der Waals surface area contributed by atoms with Gasteiger partial charge in [-0.05, 0) is 5.92 Å². The summed E-state index contributed by atoms with van der Waals surface area (Å²) in [6.07, 6.45) is 0.587. The molecule has 0 rings (SSSR count). The molecule has 0 aromatic carbocycles. The van der Waals surface area contributed by atoms with Crippen molar-refractivity contribution in [2.24, 2.45) is 11.3 Å². The van der Waals surface area contributed by atoms with Crippen LogP contribution in [0.5, 0.6) is 0 Å². The summed E-state index contributed by atoms with van der Waals surface area (Å²) in [4.78, 5) is 12.2. The highest BCUT2D eigenvalue weighted by molar-refractivity contribution is 7.80. The number of thiocarbonyl (C=S) groups is 1. The lowest BCUT2D eigenvalue weighted by atomic mass is 9.97. The minimum Gasteiger partial charge on any atom is -0.377 e. The first-order chi connectivity index (χ1) is 7.23. The molecule has 0 saturated heterocycles. The van der Waals surface area contributed by atoms with E-state index in [-0.39, 0.29) is 11.3 Å². The number of hydrogen-bond donors (Lipinski definition) is 2. The highest BCUT2D eigenvalue weighted by atomic mass is 32.1. The van der Waals surface area contributed by atoms with Crippen LogP contribution in [-0.4, -0.2) is 24.0 Å². The van der Waals surface area contributed by atoms with Crippen molar-refractivity contribution in [1.82, 2.24) is 10.6 Å². The van der Waals surface area contributed by atoms with Gasteiger partial charge < -0.3 is 10.6 Å². The molecule has 3 nitrogen and oxygen atoms in total. The smallest absolute Gasteiger partial charge is 0.220 e. The first-order valence-corrected chi connectivity index (χ1v) is 6.19. The van der Waals surface area contributed by atoms with Gasteiger partial charge in [0.1, 0.15) is 0 Å². The van der Waals surface area contributed by atoms with Gasteiger partial charge in [0, 0.05) is 24.9 Å². The summed E-state index contributed by atoms with van der Waals surface area (Å²) >= 11 is 5.22. The second-order valence-electron chi connectivity index (χ2n) is 5.45. The molecule has 0 radical (unpaired) electrons. The summed E-state index contributed by atoms with van der Waals surface area (Å²) in [5.74, 6) is 0.516. The van der Waals surface area contributed by atoms with Gasteiger partial charge in [-0.2, -0.15) is 0 Å². The Morgan fingerprint density at radius 1 is 1.19 bits per heavy atom. The average molecular weight is 244 g/mol. The maximum absolute atomic E-state index is 11.3. The number of hydrogen-bond acceptors (Lipinski definition) is 2. The second-order valence-corrected chi connectivity index (χ2v) is 5.86. The van der Waals surface area contributed by atoms with Gasteiger partial charge in [0.15, 0.2) is 0 Å². The van der Waals surface area contributed by atoms with Crippen molar-refractivity contribution in [3.05, 3.63) is 0 Å². The molecular weight excluding hydrogens is 220 g/mol. The molecule has 16 heavy (non-hydrogen) atoms. The molecule has 0 fully saturated rings. The number of carbonyl (C=O) groups excluding carboxylic acids is 1. The highest BCUT2D eigenvalue weighted by Crippen LogP contribution is 2.13. The van der Waals surface area contributed by atoms with E-state index in [4.69, 9.17) is 12.2 Å². The van der Waals surface area contributed by atoms with E-state index in [1.807, 2.05) is 13.8 Å². The Morgan fingerprint density at radius 3 is 2.12 bits per heavy atom. The molecule has 0 spiro atoms. The first kappa shape index (κ1) is 15.4. The normalized spacial score (nSPS) is 11.4. The minimum absolute atomic E-state index is 0.00270. The molecule has 0 aliphatic rings. The van der Waals surface area contributed by atoms with Crippen molar-refractivity contribution in [2.45, 2.75) is 41.0 Å². The Morgan fingerprint density at radius 2 is 1.69 bits per heavy atom. The third-order valence-corrected chi connectivity index (χ3v) is 2.76. The second kappa shape index (κ2) is 6.84. The van der Waals surface area contributed by atoms with Crippen LogP contribution in [0.1, 0.15) is 41.0 Å². The molecule has 0 heterocycles. The van der Waals surface area contributed by atoms with Gasteiger partial charge in [-0.25, -0.2) is 0 Å². The molecule has 0 saturated carbocycles. The van der Waals surface area contributed by atoms with Gasteiger partial charge in [-0.3, -0.25) is 4.79 Å². The summed E-state index contributed by atoms with van der Waals surface area (Å²) in [5.41, 5.74) is -0.00270. The first-order valence-electron chi connectivity index (χ1n) is 5.78. The van der Waals surface area contributed by atoms with Crippen molar-refractivity contribution in [3.8, 4) is 0 Å². The van der Waals surface area contributed by atoms with Gasteiger partial charge in [-0.15, -0.1) is 0 Å². The van der Waals surface area contributed by atoms with Crippen molar-refractivity contribution >= 4 is 23.1 Å². The van der Waals surface area contributed by atoms with Crippen molar-refractivity contribution in [1.29, 1.82) is 0 Å². The molecule has 0 aromatic heterocycles. The van der Waals surface area contributed by atoms with E-state index in [1.165, 1.54) is 0 Å². The van der Waals surface area contributed by atoms with Crippen LogP contribution in [-0.2, 0) is 4.79 Å². The zero-order chi connectivity index (χ0) is 12.8. The molecule has 0 aliphatic heterocycles. The predicted octanol–water partition coefficient (Wildman–Crippen LogP) is 2.11. The molecule has 4 heteroatoms. The van der Waals surface area contributed by atoms with Crippen LogP contribution >= 0.6 is 12.2 Å². The van der Waals surface area contributed by atoms with Crippen molar-refractivity contribution < 1.29 is 4.79 Å². The fourth-order valence-corrected chi connectivity index (χ4v) is 1.19. The molecule has 0 bridgehead atoms. The third kappa shape index (κ3) is 7.63. The Bertz CT molecular complexity index is 244. The minimum atomic E-state index is -0.00270. The fourth-order valence-electron chi connectivity index (χ4n) is 1.09. The lowest BCUT2D eigenvalue weighted by molar-refractivity contribution is -0.121. The van der Waals surface area contributed by atoms with Crippen LogP contribution in [0.15, 0.2) is 0 Å². The molecule has 1 amide bonds. The van der Waals surface area contributed by atoms with E-state index in [0.29, 0.717) is 25.4 Å². The SMILES string of the molecule is CC(C)CC(=O)NCCNC(=S)C(C)(C)C. The zero-order valence-electron chi connectivity index (χ0n) is 11.0. The molecule has 0 aliphatic carbocycles. The van der Waals surface area contributed by atoms with E-state index < -0.39 is 0 Å². The molecule has 0 atom stereocenters. The van der Waals surface area contributed by atoms with Crippen LogP contribution in [0.25, 0.3) is 0 Å². The monoisotopic (exact) mass is 244 g/mol. The van der Waals surface area contributed by atoms with Crippen LogP contribution in [0, 0.1) is 11.3 Å². The number of amides is 1. The van der Waals surface area contributed by atoms with Gasteiger partial charge in [0.2, 0.25) is 5.91 Å². The maximum atomic E-state index is 11.3. The summed E-state index contributed by atoms with van der Waals surface area (Å²) in [5, 5.41) is 6.01. The zero-order valence-corrected chi connectivity index (χ0v) is 11.8. The Hall–Kier alpha value is -0.640. The molecule has 0 aromatic rings. The Kier molecular flexibility index (Phi) is 6.56. The number of rotatable bonds is 5. The lowest BCUT2D eigenvalue weighted by Crippen LogP contribution is -2.38. The van der Waals surface area contributed by atoms with E-state index in [1.54, 1.807) is 0 Å². The maximum Gasteiger partial charge on any atom is 0.220 e. The summed E-state index contributed by atoms with van der Waals surface area (Å²) in [7, 11) is 0. The fraction of sp³-hybridized carbons (Fsp3) is 0.833. The van der Waals surface area contributed by atoms with Gasteiger partial charge in [0.05, 0.1) is 4.99 Å². The van der Waals surface area contributed by atoms with E-state index >= 15 is 0 Å². The van der Waals surface area contributed by atoms with Crippen molar-refractivity contribution in [2.75, 3.05) is 13.1 Å². The van der Waals surface area contributed by atoms with Gasteiger partial charge in [-0.1, -0.05) is 46.8 Å². The Balaban J connectivity index is 3.62. The highest BCUT2D eigenvalue weighted by Gasteiger charge is 2.15. The number of carbonyl (C=O) groups is 1. The van der Waals surface area contributed by atoms with Crippen LogP contribution in [0.2, 0.25) is 0 Å². The standard InChI is InChI=1S/C12H24N2OS/c1-9(2)8-10(15)13-6-7-14-11(16)12(3,4)5/h9H,6-8H2,1-5H3,(H,13,15)(H,14,16). The van der Waals surface area contributed by atoms with E-state index in [9.17, 15) is 4.79 Å². The summed E-state index contributed by atoms with van der Waals surface area (Å²) < 4.78 is 0. The van der Waals surface area contributed by atoms with Crippen LogP contribution in [0.4, 0.5) is 0 Å². The quantitative estimate of drug-likeness (QED) is 0.575. The number of nitrogens with one attached hydrogen (secondary N) is 2. The molecule has 94 valence electrons.